The summed E-state index contributed by atoms with van der Waals surface area (Å²) in [5.74, 6) is 0. The first-order valence-corrected chi connectivity index (χ1v) is 3.48. The van der Waals surface area contributed by atoms with Gasteiger partial charge in [-0.25, -0.2) is 0 Å². The predicted molar refractivity (Wildman–Crippen MR) is 46.1 cm³/mol. The lowest BCUT2D eigenvalue weighted by Crippen LogP contribution is -2.09. The van der Waals surface area contributed by atoms with Crippen molar-refractivity contribution < 1.29 is 0 Å². The Bertz CT molecular complexity index is 291. The summed E-state index contributed by atoms with van der Waals surface area (Å²) in [7, 11) is 1.01. The fraction of sp³-hybridized carbons (Fsp3) is 0.125. The first-order chi connectivity index (χ1) is 4.86. The van der Waals surface area contributed by atoms with Crippen molar-refractivity contribution in [3.05, 3.63) is 23.8 Å². The molecule has 0 bridgehead atoms. The number of aliphatic imine (C=N–C) groups is 1. The second-order valence-electron chi connectivity index (χ2n) is 2.65. The lowest BCUT2D eigenvalue weighted by Gasteiger charge is -1.96. The molecule has 2 heteroatoms. The van der Waals surface area contributed by atoms with Crippen LogP contribution in [0, 0.1) is 6.92 Å². The fourth-order valence-electron chi connectivity index (χ4n) is 1.21. The summed E-state index contributed by atoms with van der Waals surface area (Å²) >= 11 is 0. The molecule has 0 fully saturated rings. The van der Waals surface area contributed by atoms with Gasteiger partial charge in [0.05, 0.1) is 5.69 Å². The lowest BCUT2D eigenvalue weighted by molar-refractivity contribution is 1.46. The number of hydrogen-bond acceptors (Lipinski definition) is 1. The van der Waals surface area contributed by atoms with Gasteiger partial charge in [-0.1, -0.05) is 17.6 Å². The van der Waals surface area contributed by atoms with Crippen molar-refractivity contribution in [1.29, 1.82) is 0 Å². The molecule has 48 valence electrons. The molecule has 0 N–H and O–H groups in total. The van der Waals surface area contributed by atoms with Gasteiger partial charge >= 0.3 is 0 Å². The molecule has 0 saturated heterocycles. The van der Waals surface area contributed by atoms with E-state index >= 15 is 0 Å². The van der Waals surface area contributed by atoms with Crippen molar-refractivity contribution in [2.75, 3.05) is 0 Å². The maximum atomic E-state index is 4.24. The molecule has 10 heavy (non-hydrogen) atoms. The zero-order chi connectivity index (χ0) is 6.97. The molecule has 1 aromatic carbocycles. The Labute approximate surface area is 61.0 Å². The van der Waals surface area contributed by atoms with Crippen molar-refractivity contribution in [3.63, 3.8) is 0 Å². The smallest absolute Gasteiger partial charge is 0.209 e. The van der Waals surface area contributed by atoms with Gasteiger partial charge in [0.15, 0.2) is 0 Å². The lowest BCUT2D eigenvalue weighted by atomic mass is 9.73. The van der Waals surface area contributed by atoms with Crippen LogP contribution >= 0.6 is 0 Å². The molecule has 0 aliphatic carbocycles. The number of rotatable bonds is 0. The number of nitrogens with zero attached hydrogens (tertiary/aromatic N) is 1. The Balaban J connectivity index is 2.60. The van der Waals surface area contributed by atoms with Crippen LogP contribution in [0.15, 0.2) is 23.2 Å². The van der Waals surface area contributed by atoms with Crippen molar-refractivity contribution in [3.8, 4) is 0 Å². The van der Waals surface area contributed by atoms with Crippen LogP contribution in [0.1, 0.15) is 5.56 Å². The third-order valence-electron chi connectivity index (χ3n) is 1.78. The van der Waals surface area contributed by atoms with Crippen LogP contribution in [-0.4, -0.2) is 13.4 Å². The SMILES string of the molecule is Cc1ccc2c(c1)N=CB2. The van der Waals surface area contributed by atoms with Gasteiger partial charge in [-0.2, -0.15) is 0 Å². The van der Waals surface area contributed by atoms with E-state index in [9.17, 15) is 0 Å². The molecule has 0 amide bonds. The van der Waals surface area contributed by atoms with E-state index in [-0.39, 0.29) is 0 Å². The third kappa shape index (κ3) is 0.765. The number of aryl methyl sites for hydroxylation is 1. The Morgan fingerprint density at radius 1 is 1.40 bits per heavy atom. The first kappa shape index (κ1) is 5.72. The minimum absolute atomic E-state index is 1.01. The maximum Gasteiger partial charge on any atom is 0.209 e. The highest BCUT2D eigenvalue weighted by Gasteiger charge is 2.05. The van der Waals surface area contributed by atoms with Crippen molar-refractivity contribution in [2.45, 2.75) is 6.92 Å². The molecule has 0 unspecified atom stereocenters. The van der Waals surface area contributed by atoms with E-state index in [0.717, 1.165) is 13.0 Å². The summed E-state index contributed by atoms with van der Waals surface area (Å²) < 4.78 is 0. The maximum absolute atomic E-state index is 4.24. The van der Waals surface area contributed by atoms with Crippen LogP contribution in [0.3, 0.4) is 0 Å². The first-order valence-electron chi connectivity index (χ1n) is 3.48. The topological polar surface area (TPSA) is 12.4 Å². The summed E-state index contributed by atoms with van der Waals surface area (Å²) in [6.45, 7) is 2.09. The van der Waals surface area contributed by atoms with Gasteiger partial charge < -0.3 is 0 Å². The number of fused-ring (bicyclic) bond motifs is 1. The normalized spacial score (nSPS) is 12.9. The molecule has 1 nitrogen and oxygen atoms in total. The van der Waals surface area contributed by atoms with Gasteiger partial charge in [0.25, 0.3) is 0 Å². The zero-order valence-electron chi connectivity index (χ0n) is 5.96. The molecule has 0 radical (unpaired) electrons. The van der Waals surface area contributed by atoms with Crippen LogP contribution in [0.5, 0.6) is 0 Å². The second kappa shape index (κ2) is 1.98. The largest absolute Gasteiger partial charge is 0.271 e. The van der Waals surface area contributed by atoms with Crippen LogP contribution in [0.4, 0.5) is 5.69 Å². The Kier molecular flexibility index (Phi) is 1.13. The second-order valence-corrected chi connectivity index (χ2v) is 2.65. The summed E-state index contributed by atoms with van der Waals surface area (Å²) in [4.78, 5) is 4.24. The van der Waals surface area contributed by atoms with E-state index in [1.807, 2.05) is 6.11 Å². The monoisotopic (exact) mass is 129 g/mol. The van der Waals surface area contributed by atoms with Crippen LogP contribution in [-0.2, 0) is 0 Å². The molecule has 1 aromatic rings. The molecule has 1 heterocycles. The summed E-state index contributed by atoms with van der Waals surface area (Å²) in [5.41, 5.74) is 3.79. The molecule has 0 spiro atoms. The van der Waals surface area contributed by atoms with E-state index in [0.29, 0.717) is 0 Å². The third-order valence-corrected chi connectivity index (χ3v) is 1.78. The minimum Gasteiger partial charge on any atom is -0.271 e. The van der Waals surface area contributed by atoms with Crippen molar-refractivity contribution >= 4 is 24.5 Å². The average Bonchev–Trinajstić information content (AvgIpc) is 2.33. The van der Waals surface area contributed by atoms with Crippen LogP contribution < -0.4 is 5.46 Å². The average molecular weight is 129 g/mol. The Morgan fingerprint density at radius 2 is 2.30 bits per heavy atom. The standard InChI is InChI=1S/C8H8BN/c1-6-2-3-7-8(4-6)10-5-9-7/h2-5,9H,1H3. The number of hydrogen-bond donors (Lipinski definition) is 0. The molecular weight excluding hydrogens is 121 g/mol. The molecule has 0 saturated carbocycles. The molecular formula is C8H8BN. The van der Waals surface area contributed by atoms with E-state index in [2.05, 4.69) is 30.1 Å². The van der Waals surface area contributed by atoms with Gasteiger partial charge in [-0.15, -0.1) is 0 Å². The summed E-state index contributed by atoms with van der Waals surface area (Å²) in [6, 6.07) is 6.41. The minimum atomic E-state index is 1.01. The molecule has 1 aliphatic heterocycles. The quantitative estimate of drug-likeness (QED) is 0.458. The zero-order valence-corrected chi connectivity index (χ0v) is 5.96. The van der Waals surface area contributed by atoms with Crippen LogP contribution in [0.2, 0.25) is 0 Å². The fourth-order valence-corrected chi connectivity index (χ4v) is 1.21. The van der Waals surface area contributed by atoms with Crippen LogP contribution in [0.25, 0.3) is 0 Å². The van der Waals surface area contributed by atoms with Gasteiger partial charge in [0.1, 0.15) is 0 Å². The highest BCUT2D eigenvalue weighted by Crippen LogP contribution is 2.12. The van der Waals surface area contributed by atoms with E-state index in [4.69, 9.17) is 0 Å². The van der Waals surface area contributed by atoms with E-state index in [1.165, 1.54) is 11.0 Å². The summed E-state index contributed by atoms with van der Waals surface area (Å²) in [6.07, 6.45) is 1.96. The molecule has 0 aromatic heterocycles. The molecule has 2 rings (SSSR count). The molecule has 1 aliphatic rings. The van der Waals surface area contributed by atoms with Crippen molar-refractivity contribution in [1.82, 2.24) is 0 Å². The highest BCUT2D eigenvalue weighted by molar-refractivity contribution is 6.82. The molecule has 0 atom stereocenters. The van der Waals surface area contributed by atoms with Gasteiger partial charge in [0.2, 0.25) is 7.28 Å². The van der Waals surface area contributed by atoms with E-state index in [1.54, 1.807) is 0 Å². The van der Waals surface area contributed by atoms with Gasteiger partial charge in [-0.05, 0) is 24.7 Å². The van der Waals surface area contributed by atoms with Crippen molar-refractivity contribution in [2.24, 2.45) is 4.99 Å². The Hall–Kier alpha value is -1.05. The Morgan fingerprint density at radius 3 is 3.20 bits per heavy atom. The van der Waals surface area contributed by atoms with Gasteiger partial charge in [0, 0.05) is 0 Å². The highest BCUT2D eigenvalue weighted by atomic mass is 14.7. The summed E-state index contributed by atoms with van der Waals surface area (Å²) in [5, 5.41) is 0. The predicted octanol–water partition coefficient (Wildman–Crippen LogP) is 0.730. The van der Waals surface area contributed by atoms with E-state index < -0.39 is 0 Å². The number of benzene rings is 1. The van der Waals surface area contributed by atoms with Gasteiger partial charge in [-0.3, -0.25) is 4.99 Å².